The molecule has 1 unspecified atom stereocenters. The van der Waals surface area contributed by atoms with Crippen LogP contribution in [0.1, 0.15) is 46.3 Å². The number of rotatable bonds is 5. The zero-order chi connectivity index (χ0) is 21.4. The molecule has 1 atom stereocenters. The van der Waals surface area contributed by atoms with Gasteiger partial charge in [-0.05, 0) is 90.1 Å². The predicted molar refractivity (Wildman–Crippen MR) is 119 cm³/mol. The highest BCUT2D eigenvalue weighted by Gasteiger charge is 2.32. The number of hydrogen-bond acceptors (Lipinski definition) is 3. The number of carbonyl (C=O) groups is 2. The molecule has 0 aliphatic heterocycles. The van der Waals surface area contributed by atoms with Crippen molar-refractivity contribution in [3.05, 3.63) is 70.8 Å². The van der Waals surface area contributed by atoms with Crippen molar-refractivity contribution in [2.45, 2.75) is 32.6 Å². The van der Waals surface area contributed by atoms with E-state index >= 15 is 0 Å². The molecular weight excluding hydrogens is 376 g/mol. The number of benzene rings is 2. The molecule has 0 fully saturated rings. The molecule has 0 heterocycles. The number of hydrogen-bond donors (Lipinski definition) is 3. The zero-order valence-corrected chi connectivity index (χ0v) is 17.1. The Morgan fingerprint density at radius 2 is 2.07 bits per heavy atom. The van der Waals surface area contributed by atoms with Gasteiger partial charge in [-0.25, -0.2) is 0 Å². The van der Waals surface area contributed by atoms with E-state index in [4.69, 9.17) is 5.73 Å². The van der Waals surface area contributed by atoms with Gasteiger partial charge in [0.2, 0.25) is 11.8 Å². The molecule has 0 spiro atoms. The average Bonchev–Trinajstić information content (AvgIpc) is 3.13. The lowest BCUT2D eigenvalue weighted by atomic mass is 9.82. The fourth-order valence-electron chi connectivity index (χ4n) is 4.83. The van der Waals surface area contributed by atoms with Crippen molar-refractivity contribution in [3.63, 3.8) is 0 Å². The molecule has 5 nitrogen and oxygen atoms in total. The SMILES string of the molecule is C=CC(=O)Nc1cccc(-c2ccc(C(N)=O)c3c2C2=C(C3)CC(CO)CC2)c1C. The number of aliphatic hydroxyl groups is 1. The standard InChI is InChI=1S/C25H26N2O3/c1-3-23(29)27-22-6-4-5-17(14(22)2)19-9-10-20(25(26)30)21-12-16-11-15(13-28)7-8-18(16)24(19)21/h3-6,9-10,15,28H,1,7-8,11-13H2,2H3,(H2,26,30)(H,27,29). The first-order valence-corrected chi connectivity index (χ1v) is 10.3. The van der Waals surface area contributed by atoms with E-state index in [0.29, 0.717) is 12.0 Å². The van der Waals surface area contributed by atoms with E-state index < -0.39 is 5.91 Å². The normalized spacial score (nSPS) is 17.3. The lowest BCUT2D eigenvalue weighted by molar-refractivity contribution is -0.111. The topological polar surface area (TPSA) is 92.4 Å². The molecule has 2 amide bonds. The Morgan fingerprint density at radius 3 is 2.77 bits per heavy atom. The van der Waals surface area contributed by atoms with Crippen molar-refractivity contribution < 1.29 is 14.7 Å². The molecule has 2 aliphatic carbocycles. The summed E-state index contributed by atoms with van der Waals surface area (Å²) in [5, 5.41) is 12.5. The van der Waals surface area contributed by atoms with Gasteiger partial charge in [0.1, 0.15) is 0 Å². The summed E-state index contributed by atoms with van der Waals surface area (Å²) >= 11 is 0. The highest BCUT2D eigenvalue weighted by molar-refractivity contribution is 6.02. The van der Waals surface area contributed by atoms with E-state index in [1.165, 1.54) is 17.2 Å². The van der Waals surface area contributed by atoms with Crippen LogP contribution in [0, 0.1) is 12.8 Å². The van der Waals surface area contributed by atoms with Crippen LogP contribution in [0.3, 0.4) is 0 Å². The minimum absolute atomic E-state index is 0.187. The number of nitrogens with one attached hydrogen (secondary N) is 1. The Kier molecular flexibility index (Phi) is 5.31. The molecule has 5 heteroatoms. The fraction of sp³-hybridized carbons (Fsp3) is 0.280. The number of primary amides is 1. The number of carbonyl (C=O) groups excluding carboxylic acids is 2. The lowest BCUT2D eigenvalue weighted by Crippen LogP contribution is -2.14. The van der Waals surface area contributed by atoms with Crippen molar-refractivity contribution in [3.8, 4) is 11.1 Å². The van der Waals surface area contributed by atoms with E-state index in [-0.39, 0.29) is 18.4 Å². The number of amides is 2. The van der Waals surface area contributed by atoms with E-state index in [9.17, 15) is 14.7 Å². The van der Waals surface area contributed by atoms with Gasteiger partial charge in [-0.15, -0.1) is 0 Å². The Bertz CT molecular complexity index is 1100. The summed E-state index contributed by atoms with van der Waals surface area (Å²) in [7, 11) is 0. The van der Waals surface area contributed by atoms with Crippen LogP contribution in [-0.2, 0) is 11.2 Å². The van der Waals surface area contributed by atoms with Crippen LogP contribution in [0.2, 0.25) is 0 Å². The van der Waals surface area contributed by atoms with Crippen molar-refractivity contribution in [2.24, 2.45) is 11.7 Å². The Morgan fingerprint density at radius 1 is 1.27 bits per heavy atom. The second-order valence-corrected chi connectivity index (χ2v) is 8.10. The Hall–Kier alpha value is -3.18. The zero-order valence-electron chi connectivity index (χ0n) is 17.1. The number of allylic oxidation sites excluding steroid dienone is 2. The van der Waals surface area contributed by atoms with Gasteiger partial charge in [-0.3, -0.25) is 9.59 Å². The molecule has 2 aromatic rings. The molecule has 2 aliphatic rings. The summed E-state index contributed by atoms with van der Waals surface area (Å²) in [6.07, 6.45) is 4.63. The Labute approximate surface area is 176 Å². The van der Waals surface area contributed by atoms with Gasteiger partial charge in [0.25, 0.3) is 0 Å². The second kappa shape index (κ2) is 7.92. The average molecular weight is 402 g/mol. The molecule has 0 radical (unpaired) electrons. The maximum absolute atomic E-state index is 12.1. The third-order valence-electron chi connectivity index (χ3n) is 6.36. The molecule has 0 aromatic heterocycles. The molecule has 154 valence electrons. The smallest absolute Gasteiger partial charge is 0.249 e. The van der Waals surface area contributed by atoms with Crippen LogP contribution in [-0.4, -0.2) is 23.5 Å². The first kappa shape index (κ1) is 20.1. The minimum Gasteiger partial charge on any atom is -0.396 e. The van der Waals surface area contributed by atoms with Crippen LogP contribution >= 0.6 is 0 Å². The number of fused-ring (bicyclic) bond motifs is 2. The minimum atomic E-state index is -0.417. The molecule has 30 heavy (non-hydrogen) atoms. The summed E-state index contributed by atoms with van der Waals surface area (Å²) in [6, 6.07) is 9.61. The van der Waals surface area contributed by atoms with Crippen LogP contribution in [0.5, 0.6) is 0 Å². The number of aliphatic hydroxyl groups excluding tert-OH is 1. The van der Waals surface area contributed by atoms with Crippen LogP contribution in [0.25, 0.3) is 16.7 Å². The Balaban J connectivity index is 1.88. The van der Waals surface area contributed by atoms with Gasteiger partial charge < -0.3 is 16.2 Å². The first-order valence-electron chi connectivity index (χ1n) is 10.3. The highest BCUT2D eigenvalue weighted by Crippen LogP contribution is 2.48. The third-order valence-corrected chi connectivity index (χ3v) is 6.36. The van der Waals surface area contributed by atoms with Crippen molar-refractivity contribution >= 4 is 23.1 Å². The maximum Gasteiger partial charge on any atom is 0.249 e. The van der Waals surface area contributed by atoms with Crippen molar-refractivity contribution in [2.75, 3.05) is 11.9 Å². The molecule has 0 bridgehead atoms. The van der Waals surface area contributed by atoms with Gasteiger partial charge in [-0.1, -0.05) is 30.4 Å². The van der Waals surface area contributed by atoms with Crippen LogP contribution in [0.15, 0.2) is 48.6 Å². The summed E-state index contributed by atoms with van der Waals surface area (Å²) in [6.45, 7) is 5.69. The molecule has 4 N–H and O–H groups in total. The maximum atomic E-state index is 12.1. The van der Waals surface area contributed by atoms with E-state index in [1.807, 2.05) is 37.3 Å². The second-order valence-electron chi connectivity index (χ2n) is 8.10. The van der Waals surface area contributed by atoms with Gasteiger partial charge in [0, 0.05) is 17.9 Å². The molecule has 4 rings (SSSR count). The molecule has 0 saturated carbocycles. The van der Waals surface area contributed by atoms with Gasteiger partial charge in [0.05, 0.1) is 0 Å². The van der Waals surface area contributed by atoms with Crippen molar-refractivity contribution in [1.29, 1.82) is 0 Å². The molecule has 2 aromatic carbocycles. The fourth-order valence-corrected chi connectivity index (χ4v) is 4.83. The van der Waals surface area contributed by atoms with E-state index in [0.717, 1.165) is 52.8 Å². The van der Waals surface area contributed by atoms with Crippen molar-refractivity contribution in [1.82, 2.24) is 0 Å². The summed E-state index contributed by atoms with van der Waals surface area (Å²) < 4.78 is 0. The van der Waals surface area contributed by atoms with Gasteiger partial charge in [0.15, 0.2) is 0 Å². The highest BCUT2D eigenvalue weighted by atomic mass is 16.3. The van der Waals surface area contributed by atoms with E-state index in [2.05, 4.69) is 11.9 Å². The van der Waals surface area contributed by atoms with Gasteiger partial charge >= 0.3 is 0 Å². The first-order chi connectivity index (χ1) is 14.4. The van der Waals surface area contributed by atoms with E-state index in [1.54, 1.807) is 0 Å². The summed E-state index contributed by atoms with van der Waals surface area (Å²) in [4.78, 5) is 23.9. The summed E-state index contributed by atoms with van der Waals surface area (Å²) in [5.41, 5.74) is 14.7. The monoisotopic (exact) mass is 402 g/mol. The molecular formula is C25H26N2O3. The quantitative estimate of drug-likeness (QED) is 0.660. The van der Waals surface area contributed by atoms with Gasteiger partial charge in [-0.2, -0.15) is 0 Å². The number of anilines is 1. The van der Waals surface area contributed by atoms with Crippen LogP contribution in [0.4, 0.5) is 5.69 Å². The largest absolute Gasteiger partial charge is 0.396 e. The predicted octanol–water partition coefficient (Wildman–Crippen LogP) is 3.99. The van der Waals surface area contributed by atoms with Crippen LogP contribution < -0.4 is 11.1 Å². The molecule has 0 saturated heterocycles. The summed E-state index contributed by atoms with van der Waals surface area (Å²) in [5.74, 6) is -0.394. The lowest BCUT2D eigenvalue weighted by Gasteiger charge is -2.23. The number of nitrogens with two attached hydrogens (primary N) is 1. The third kappa shape index (κ3) is 3.35.